The molecule has 0 radical (unpaired) electrons. The fourth-order valence-electron chi connectivity index (χ4n) is 0.519. The van der Waals surface area contributed by atoms with Crippen LogP contribution in [0, 0.1) is 0 Å². The third-order valence-corrected chi connectivity index (χ3v) is 1.04. The topological polar surface area (TPSA) is 44.5 Å². The zero-order chi connectivity index (χ0) is 7.98. The first kappa shape index (κ1) is 9.62. The zero-order valence-corrected chi connectivity index (χ0v) is 6.70. The molecule has 0 rings (SSSR count). The number of hydrogen-bond acceptors (Lipinski definition) is 3. The van der Waals surface area contributed by atoms with E-state index < -0.39 is 0 Å². The summed E-state index contributed by atoms with van der Waals surface area (Å²) in [5.41, 5.74) is 5.45. The Morgan fingerprint density at radius 1 is 1.20 bits per heavy atom. The molecular weight excluding hydrogens is 130 g/mol. The number of methoxy groups -OCH3 is 2. The van der Waals surface area contributed by atoms with Crippen LogP contribution in [-0.2, 0) is 9.47 Å². The van der Waals surface area contributed by atoms with Crippen molar-refractivity contribution in [2.75, 3.05) is 14.2 Å². The van der Waals surface area contributed by atoms with Gasteiger partial charge in [0.15, 0.2) is 6.29 Å². The van der Waals surface area contributed by atoms with Gasteiger partial charge in [-0.25, -0.2) is 0 Å². The minimum absolute atomic E-state index is 0.0489. The molecule has 10 heavy (non-hydrogen) atoms. The van der Waals surface area contributed by atoms with Crippen molar-refractivity contribution in [3.05, 3.63) is 12.2 Å². The van der Waals surface area contributed by atoms with E-state index in [-0.39, 0.29) is 12.3 Å². The number of hydrogen-bond donors (Lipinski definition) is 1. The molecule has 0 aliphatic carbocycles. The lowest BCUT2D eigenvalue weighted by atomic mass is 10.3. The summed E-state index contributed by atoms with van der Waals surface area (Å²) in [4.78, 5) is 0. The average Bonchev–Trinajstić information content (AvgIpc) is 1.90. The van der Waals surface area contributed by atoms with Crippen molar-refractivity contribution in [3.63, 3.8) is 0 Å². The van der Waals surface area contributed by atoms with Crippen LogP contribution in [0.1, 0.15) is 6.92 Å². The van der Waals surface area contributed by atoms with Crippen LogP contribution >= 0.6 is 0 Å². The second-order valence-corrected chi connectivity index (χ2v) is 2.08. The molecule has 0 aromatic carbocycles. The normalized spacial score (nSPS) is 14.9. The highest BCUT2D eigenvalue weighted by atomic mass is 16.7. The van der Waals surface area contributed by atoms with E-state index in [1.165, 1.54) is 0 Å². The highest BCUT2D eigenvalue weighted by Gasteiger charge is 1.96. The van der Waals surface area contributed by atoms with E-state index in [2.05, 4.69) is 0 Å². The van der Waals surface area contributed by atoms with Crippen LogP contribution in [0.4, 0.5) is 0 Å². The molecule has 0 aromatic heterocycles. The molecule has 0 amide bonds. The van der Waals surface area contributed by atoms with E-state index >= 15 is 0 Å². The van der Waals surface area contributed by atoms with E-state index in [1.54, 1.807) is 20.3 Å². The Balaban J connectivity index is 3.61. The van der Waals surface area contributed by atoms with Crippen molar-refractivity contribution < 1.29 is 9.47 Å². The summed E-state index contributed by atoms with van der Waals surface area (Å²) in [6, 6.07) is 0.0489. The van der Waals surface area contributed by atoms with E-state index in [9.17, 15) is 0 Å². The zero-order valence-electron chi connectivity index (χ0n) is 6.70. The van der Waals surface area contributed by atoms with Crippen molar-refractivity contribution in [2.45, 2.75) is 19.3 Å². The third-order valence-electron chi connectivity index (χ3n) is 1.04. The summed E-state index contributed by atoms with van der Waals surface area (Å²) in [6.45, 7) is 1.89. The highest BCUT2D eigenvalue weighted by Crippen LogP contribution is 1.93. The van der Waals surface area contributed by atoms with Gasteiger partial charge in [-0.3, -0.25) is 0 Å². The van der Waals surface area contributed by atoms with Gasteiger partial charge in [0.1, 0.15) is 0 Å². The second-order valence-electron chi connectivity index (χ2n) is 2.08. The molecule has 0 aliphatic heterocycles. The smallest absolute Gasteiger partial charge is 0.176 e. The van der Waals surface area contributed by atoms with Crippen LogP contribution in [0.5, 0.6) is 0 Å². The van der Waals surface area contributed by atoms with Crippen molar-refractivity contribution >= 4 is 0 Å². The van der Waals surface area contributed by atoms with Gasteiger partial charge < -0.3 is 15.2 Å². The molecule has 0 saturated heterocycles. The SMILES string of the molecule is COC(/C=C/C(C)N)OC. The van der Waals surface area contributed by atoms with Crippen LogP contribution in [-0.4, -0.2) is 26.6 Å². The maximum Gasteiger partial charge on any atom is 0.176 e. The van der Waals surface area contributed by atoms with Crippen molar-refractivity contribution in [2.24, 2.45) is 5.73 Å². The predicted molar refractivity (Wildman–Crippen MR) is 40.6 cm³/mol. The molecule has 0 heterocycles. The Bertz CT molecular complexity index is 97.8. The van der Waals surface area contributed by atoms with E-state index in [1.807, 2.05) is 13.0 Å². The summed E-state index contributed by atoms with van der Waals surface area (Å²) in [5.74, 6) is 0. The van der Waals surface area contributed by atoms with Crippen molar-refractivity contribution in [3.8, 4) is 0 Å². The molecule has 0 fully saturated rings. The van der Waals surface area contributed by atoms with Gasteiger partial charge in [0.25, 0.3) is 0 Å². The van der Waals surface area contributed by atoms with Gasteiger partial charge in [-0.1, -0.05) is 6.08 Å². The lowest BCUT2D eigenvalue weighted by molar-refractivity contribution is -0.0667. The van der Waals surface area contributed by atoms with Crippen molar-refractivity contribution in [1.82, 2.24) is 0 Å². The Hall–Kier alpha value is -0.380. The maximum atomic E-state index is 5.45. The van der Waals surface area contributed by atoms with Gasteiger partial charge in [-0.05, 0) is 13.0 Å². The summed E-state index contributed by atoms with van der Waals surface area (Å²) in [7, 11) is 3.17. The van der Waals surface area contributed by atoms with Crippen molar-refractivity contribution in [1.29, 1.82) is 0 Å². The maximum absolute atomic E-state index is 5.45. The monoisotopic (exact) mass is 145 g/mol. The Morgan fingerprint density at radius 3 is 2.00 bits per heavy atom. The molecule has 3 nitrogen and oxygen atoms in total. The van der Waals surface area contributed by atoms with Gasteiger partial charge in [-0.15, -0.1) is 0 Å². The molecule has 1 unspecified atom stereocenters. The highest BCUT2D eigenvalue weighted by molar-refractivity contribution is 4.91. The fourth-order valence-corrected chi connectivity index (χ4v) is 0.519. The lowest BCUT2D eigenvalue weighted by Crippen LogP contribution is -2.14. The van der Waals surface area contributed by atoms with Gasteiger partial charge in [-0.2, -0.15) is 0 Å². The number of nitrogens with two attached hydrogens (primary N) is 1. The van der Waals surface area contributed by atoms with E-state index in [0.29, 0.717) is 0 Å². The van der Waals surface area contributed by atoms with Gasteiger partial charge in [0, 0.05) is 20.3 Å². The fraction of sp³-hybridized carbons (Fsp3) is 0.714. The second kappa shape index (κ2) is 5.41. The first-order valence-electron chi connectivity index (χ1n) is 3.20. The standard InChI is InChI=1S/C7H15NO2/c1-6(8)4-5-7(9-2)10-3/h4-7H,8H2,1-3H3/b5-4+. The summed E-state index contributed by atoms with van der Waals surface area (Å²) in [6.07, 6.45) is 3.34. The Kier molecular flexibility index (Phi) is 5.20. The molecule has 2 N–H and O–H groups in total. The molecule has 0 aromatic rings. The first-order valence-corrected chi connectivity index (χ1v) is 3.20. The lowest BCUT2D eigenvalue weighted by Gasteiger charge is -2.07. The summed E-state index contributed by atoms with van der Waals surface area (Å²) < 4.78 is 9.77. The largest absolute Gasteiger partial charge is 0.352 e. The van der Waals surface area contributed by atoms with Crippen LogP contribution in [0.3, 0.4) is 0 Å². The quantitative estimate of drug-likeness (QED) is 0.463. The van der Waals surface area contributed by atoms with E-state index in [4.69, 9.17) is 15.2 Å². The van der Waals surface area contributed by atoms with Gasteiger partial charge >= 0.3 is 0 Å². The molecule has 0 aliphatic rings. The minimum atomic E-state index is -0.272. The Morgan fingerprint density at radius 2 is 1.70 bits per heavy atom. The number of rotatable bonds is 4. The Labute approximate surface area is 61.8 Å². The molecule has 1 atom stereocenters. The summed E-state index contributed by atoms with van der Waals surface area (Å²) in [5, 5.41) is 0. The minimum Gasteiger partial charge on any atom is -0.352 e. The average molecular weight is 145 g/mol. The van der Waals surface area contributed by atoms with Crippen LogP contribution < -0.4 is 5.73 Å². The summed E-state index contributed by atoms with van der Waals surface area (Å²) >= 11 is 0. The van der Waals surface area contributed by atoms with Crippen LogP contribution in [0.25, 0.3) is 0 Å². The number of ether oxygens (including phenoxy) is 2. The molecule has 0 spiro atoms. The third kappa shape index (κ3) is 4.49. The first-order chi connectivity index (χ1) is 4.70. The molecular formula is C7H15NO2. The molecule has 0 saturated carbocycles. The molecule has 60 valence electrons. The van der Waals surface area contributed by atoms with Gasteiger partial charge in [0.2, 0.25) is 0 Å². The molecule has 3 heteroatoms. The predicted octanol–water partition coefficient (Wildman–Crippen LogP) is 0.509. The van der Waals surface area contributed by atoms with Crippen LogP contribution in [0.2, 0.25) is 0 Å². The van der Waals surface area contributed by atoms with E-state index in [0.717, 1.165) is 0 Å². The molecule has 0 bridgehead atoms. The van der Waals surface area contributed by atoms with Gasteiger partial charge in [0.05, 0.1) is 0 Å². The van der Waals surface area contributed by atoms with Crippen LogP contribution in [0.15, 0.2) is 12.2 Å².